The summed E-state index contributed by atoms with van der Waals surface area (Å²) in [6.45, 7) is 0.391. The van der Waals surface area contributed by atoms with Crippen LogP contribution in [-0.4, -0.2) is 17.6 Å². The Labute approximate surface area is 141 Å². The van der Waals surface area contributed by atoms with Crippen LogP contribution in [0.3, 0.4) is 0 Å². The topological polar surface area (TPSA) is 3.24 Å². The molecule has 1 aliphatic heterocycles. The number of alkyl halides is 3. The summed E-state index contributed by atoms with van der Waals surface area (Å²) in [5, 5.41) is 0. The molecule has 0 radical (unpaired) electrons. The van der Waals surface area contributed by atoms with E-state index in [4.69, 9.17) is 0 Å². The molecule has 1 atom stereocenters. The maximum atomic E-state index is 13.1. The molecule has 0 aliphatic carbocycles. The van der Waals surface area contributed by atoms with Gasteiger partial charge in [-0.05, 0) is 23.3 Å². The zero-order valence-corrected chi connectivity index (χ0v) is 13.8. The number of rotatable bonds is 3. The van der Waals surface area contributed by atoms with Gasteiger partial charge in [0.05, 0.1) is 6.04 Å². The van der Waals surface area contributed by atoms with Crippen molar-refractivity contribution < 1.29 is 13.2 Å². The van der Waals surface area contributed by atoms with E-state index in [-0.39, 0.29) is 12.6 Å². The van der Waals surface area contributed by atoms with Crippen molar-refractivity contribution in [1.29, 1.82) is 0 Å². The third-order valence-corrected chi connectivity index (χ3v) is 4.46. The molecule has 0 saturated carbocycles. The van der Waals surface area contributed by atoms with E-state index in [1.165, 1.54) is 6.08 Å². The van der Waals surface area contributed by atoms with Gasteiger partial charge in [-0.3, -0.25) is 4.90 Å². The van der Waals surface area contributed by atoms with Crippen molar-refractivity contribution in [2.24, 2.45) is 0 Å². The average molecular weight is 382 g/mol. The van der Waals surface area contributed by atoms with Crippen molar-refractivity contribution in [3.05, 3.63) is 81.8 Å². The van der Waals surface area contributed by atoms with Gasteiger partial charge in [0.1, 0.15) is 0 Å². The van der Waals surface area contributed by atoms with E-state index >= 15 is 0 Å². The molecule has 0 N–H and O–H groups in total. The first-order valence-electron chi connectivity index (χ1n) is 7.25. The Hall–Kier alpha value is -1.59. The minimum Gasteiger partial charge on any atom is -0.284 e. The second-order valence-corrected chi connectivity index (χ2v) is 6.49. The van der Waals surface area contributed by atoms with E-state index in [0.717, 1.165) is 15.6 Å². The quantitative estimate of drug-likeness (QED) is 0.634. The van der Waals surface area contributed by atoms with E-state index in [9.17, 15) is 13.2 Å². The smallest absolute Gasteiger partial charge is 0.284 e. The van der Waals surface area contributed by atoms with Gasteiger partial charge in [0.15, 0.2) is 0 Å². The molecule has 120 valence electrons. The highest BCUT2D eigenvalue weighted by atomic mass is 79.9. The van der Waals surface area contributed by atoms with Crippen LogP contribution < -0.4 is 0 Å². The Bertz CT molecular complexity index is 692. The molecule has 2 aromatic carbocycles. The molecular weight excluding hydrogens is 367 g/mol. The molecule has 5 heteroatoms. The van der Waals surface area contributed by atoms with Crippen molar-refractivity contribution >= 4 is 15.9 Å². The summed E-state index contributed by atoms with van der Waals surface area (Å²) in [4.78, 5) is 1.85. The van der Waals surface area contributed by atoms with Crippen molar-refractivity contribution in [3.63, 3.8) is 0 Å². The first kappa shape index (κ1) is 16.3. The molecule has 0 aromatic heterocycles. The first-order chi connectivity index (χ1) is 10.9. The first-order valence-corrected chi connectivity index (χ1v) is 8.04. The Balaban J connectivity index is 1.87. The second kappa shape index (κ2) is 6.49. The van der Waals surface area contributed by atoms with Gasteiger partial charge in [-0.25, -0.2) is 0 Å². The summed E-state index contributed by atoms with van der Waals surface area (Å²) >= 11 is 3.37. The zero-order valence-electron chi connectivity index (χ0n) is 12.2. The van der Waals surface area contributed by atoms with Crippen LogP contribution in [-0.2, 0) is 6.54 Å². The van der Waals surface area contributed by atoms with Gasteiger partial charge in [0.25, 0.3) is 0 Å². The third kappa shape index (κ3) is 3.85. The maximum Gasteiger partial charge on any atom is 0.413 e. The van der Waals surface area contributed by atoms with Crippen LogP contribution in [0.1, 0.15) is 17.2 Å². The van der Waals surface area contributed by atoms with Crippen molar-refractivity contribution in [2.45, 2.75) is 18.8 Å². The van der Waals surface area contributed by atoms with Gasteiger partial charge >= 0.3 is 6.18 Å². The van der Waals surface area contributed by atoms with Crippen molar-refractivity contribution in [3.8, 4) is 0 Å². The molecule has 2 aromatic rings. The summed E-state index contributed by atoms with van der Waals surface area (Å²) in [6.07, 6.45) is -2.93. The van der Waals surface area contributed by atoms with Gasteiger partial charge < -0.3 is 0 Å². The number of halogens is 4. The Kier molecular flexibility index (Phi) is 4.60. The maximum absolute atomic E-state index is 13.1. The van der Waals surface area contributed by atoms with Crippen LogP contribution in [0.25, 0.3) is 0 Å². The number of hydrogen-bond donors (Lipinski definition) is 0. The zero-order chi connectivity index (χ0) is 16.4. The Morgan fingerprint density at radius 2 is 1.65 bits per heavy atom. The van der Waals surface area contributed by atoms with E-state index in [1.807, 2.05) is 59.5 Å². The third-order valence-electron chi connectivity index (χ3n) is 3.93. The summed E-state index contributed by atoms with van der Waals surface area (Å²) in [7, 11) is 0. The largest absolute Gasteiger partial charge is 0.413 e. The predicted molar refractivity (Wildman–Crippen MR) is 87.9 cm³/mol. The van der Waals surface area contributed by atoms with E-state index in [1.54, 1.807) is 0 Å². The molecule has 1 heterocycles. The van der Waals surface area contributed by atoms with Crippen molar-refractivity contribution in [2.75, 3.05) is 6.54 Å². The lowest BCUT2D eigenvalue weighted by Crippen LogP contribution is -2.26. The molecule has 0 bridgehead atoms. The summed E-state index contributed by atoms with van der Waals surface area (Å²) in [5.41, 5.74) is 1.40. The Morgan fingerprint density at radius 1 is 1.00 bits per heavy atom. The molecule has 1 nitrogen and oxygen atoms in total. The van der Waals surface area contributed by atoms with Crippen LogP contribution in [0.15, 0.2) is 70.7 Å². The van der Waals surface area contributed by atoms with E-state index in [2.05, 4.69) is 15.9 Å². The SMILES string of the molecule is FC(F)(F)C1=CC(c2ccccc2)N(Cc2ccc(Br)cc2)C1. The fourth-order valence-corrected chi connectivity index (χ4v) is 3.05. The van der Waals surface area contributed by atoms with Crippen LogP contribution in [0.2, 0.25) is 0 Å². The standard InChI is InChI=1S/C18H15BrF3N/c19-16-8-6-13(7-9-16)11-23-12-15(18(20,21)22)10-17(23)14-4-2-1-3-5-14/h1-10,17H,11-12H2. The normalized spacial score (nSPS) is 19.0. The average Bonchev–Trinajstić information content (AvgIpc) is 2.94. The minimum atomic E-state index is -4.28. The molecule has 0 spiro atoms. The molecule has 0 amide bonds. The molecule has 1 aliphatic rings. The van der Waals surface area contributed by atoms with Crippen LogP contribution in [0, 0.1) is 0 Å². The monoisotopic (exact) mass is 381 g/mol. The molecule has 1 unspecified atom stereocenters. The highest BCUT2D eigenvalue weighted by Crippen LogP contribution is 2.38. The van der Waals surface area contributed by atoms with E-state index < -0.39 is 11.7 Å². The second-order valence-electron chi connectivity index (χ2n) is 5.58. The van der Waals surface area contributed by atoms with Crippen LogP contribution in [0.5, 0.6) is 0 Å². The van der Waals surface area contributed by atoms with Crippen molar-refractivity contribution in [1.82, 2.24) is 4.90 Å². The highest BCUT2D eigenvalue weighted by molar-refractivity contribution is 9.10. The predicted octanol–water partition coefficient (Wildman–Crippen LogP) is 5.49. The highest BCUT2D eigenvalue weighted by Gasteiger charge is 2.40. The summed E-state index contributed by atoms with van der Waals surface area (Å²) < 4.78 is 40.3. The fourth-order valence-electron chi connectivity index (χ4n) is 2.79. The lowest BCUT2D eigenvalue weighted by molar-refractivity contribution is -0.0937. The van der Waals surface area contributed by atoms with E-state index in [0.29, 0.717) is 6.54 Å². The lowest BCUT2D eigenvalue weighted by atomic mass is 10.1. The number of benzene rings is 2. The van der Waals surface area contributed by atoms with Gasteiger partial charge in [-0.1, -0.05) is 64.5 Å². The number of nitrogens with zero attached hydrogens (tertiary/aromatic N) is 1. The lowest BCUT2D eigenvalue weighted by Gasteiger charge is -2.25. The van der Waals surface area contributed by atoms with Crippen LogP contribution in [0.4, 0.5) is 13.2 Å². The summed E-state index contributed by atoms with van der Waals surface area (Å²) in [6, 6.07) is 16.6. The molecule has 3 rings (SSSR count). The minimum absolute atomic E-state index is 0.0842. The molecular formula is C18H15BrF3N. The van der Waals surface area contributed by atoms with Gasteiger partial charge in [-0.15, -0.1) is 0 Å². The Morgan fingerprint density at radius 3 is 2.26 bits per heavy atom. The summed E-state index contributed by atoms with van der Waals surface area (Å²) in [5.74, 6) is 0. The molecule has 0 saturated heterocycles. The van der Waals surface area contributed by atoms with Crippen LogP contribution >= 0.6 is 15.9 Å². The fraction of sp³-hybridized carbons (Fsp3) is 0.222. The molecule has 0 fully saturated rings. The number of hydrogen-bond acceptors (Lipinski definition) is 1. The van der Waals surface area contributed by atoms with Gasteiger partial charge in [-0.2, -0.15) is 13.2 Å². The van der Waals surface area contributed by atoms with Gasteiger partial charge in [0, 0.05) is 23.1 Å². The van der Waals surface area contributed by atoms with Gasteiger partial charge in [0.2, 0.25) is 0 Å². The molecule has 23 heavy (non-hydrogen) atoms.